The third-order valence-electron chi connectivity index (χ3n) is 3.95. The zero-order valence-corrected chi connectivity index (χ0v) is 12.5. The van der Waals surface area contributed by atoms with Crippen LogP contribution in [-0.4, -0.2) is 41.0 Å². The first kappa shape index (κ1) is 17.3. The summed E-state index contributed by atoms with van der Waals surface area (Å²) >= 11 is 0. The molecule has 2 rings (SSSR count). The first-order chi connectivity index (χ1) is 10.8. The molecule has 2 N–H and O–H groups in total. The Morgan fingerprint density at radius 3 is 2.22 bits per heavy atom. The summed E-state index contributed by atoms with van der Waals surface area (Å²) in [6.45, 7) is 2.21. The highest BCUT2D eigenvalue weighted by Crippen LogP contribution is 2.22. The van der Waals surface area contributed by atoms with E-state index >= 15 is 0 Å². The molecule has 0 saturated carbocycles. The van der Waals surface area contributed by atoms with Crippen molar-refractivity contribution in [2.24, 2.45) is 5.92 Å². The summed E-state index contributed by atoms with van der Waals surface area (Å²) in [6.07, 6.45) is 0.579. The molecule has 1 fully saturated rings. The maximum atomic E-state index is 13.5. The number of aliphatic hydroxyl groups excluding tert-OH is 1. The molecule has 1 heterocycles. The number of amides is 2. The molecule has 1 atom stereocenters. The second kappa shape index (κ2) is 6.99. The van der Waals surface area contributed by atoms with E-state index in [-0.39, 0.29) is 19.0 Å². The van der Waals surface area contributed by atoms with E-state index < -0.39 is 41.1 Å². The van der Waals surface area contributed by atoms with E-state index in [9.17, 15) is 27.9 Å². The SMILES string of the molecule is CC(O)C1CCN(C(=O)C(=O)Nc2c(F)cc(F)cc2F)CC1. The molecule has 0 radical (unpaired) electrons. The second-order valence-electron chi connectivity index (χ2n) is 5.57. The normalized spacial score (nSPS) is 17.0. The van der Waals surface area contributed by atoms with Crippen molar-refractivity contribution in [3.63, 3.8) is 0 Å². The van der Waals surface area contributed by atoms with Crippen LogP contribution in [0.2, 0.25) is 0 Å². The fraction of sp³-hybridized carbons (Fsp3) is 0.467. The Hall–Kier alpha value is -2.09. The van der Waals surface area contributed by atoms with E-state index in [1.165, 1.54) is 4.90 Å². The van der Waals surface area contributed by atoms with Crippen LogP contribution in [0, 0.1) is 23.4 Å². The molecule has 1 aromatic rings. The smallest absolute Gasteiger partial charge is 0.314 e. The number of benzene rings is 1. The van der Waals surface area contributed by atoms with E-state index in [2.05, 4.69) is 0 Å². The quantitative estimate of drug-likeness (QED) is 0.811. The lowest BCUT2D eigenvalue weighted by molar-refractivity contribution is -0.144. The first-order valence-electron chi connectivity index (χ1n) is 7.22. The van der Waals surface area contributed by atoms with E-state index in [1.807, 2.05) is 5.32 Å². The number of hydrogen-bond acceptors (Lipinski definition) is 3. The predicted molar refractivity (Wildman–Crippen MR) is 75.9 cm³/mol. The molecule has 8 heteroatoms. The Morgan fingerprint density at radius 1 is 1.22 bits per heavy atom. The molecule has 2 amide bonds. The van der Waals surface area contributed by atoms with Crippen molar-refractivity contribution in [3.8, 4) is 0 Å². The molecule has 126 valence electrons. The maximum Gasteiger partial charge on any atom is 0.314 e. The summed E-state index contributed by atoms with van der Waals surface area (Å²) in [5.41, 5.74) is -0.858. The van der Waals surface area contributed by atoms with Crippen LogP contribution in [-0.2, 0) is 9.59 Å². The fourth-order valence-electron chi connectivity index (χ4n) is 2.56. The Labute approximate surface area is 131 Å². The number of likely N-dealkylation sites (tertiary alicyclic amines) is 1. The molecule has 1 unspecified atom stereocenters. The Bertz CT molecular complexity index is 591. The van der Waals surface area contributed by atoms with Gasteiger partial charge in [-0.3, -0.25) is 9.59 Å². The number of hydrogen-bond donors (Lipinski definition) is 2. The van der Waals surface area contributed by atoms with Crippen molar-refractivity contribution in [2.75, 3.05) is 18.4 Å². The number of halogens is 3. The summed E-state index contributed by atoms with van der Waals surface area (Å²) < 4.78 is 39.7. The molecule has 1 aliphatic rings. The summed E-state index contributed by atoms with van der Waals surface area (Å²) in [4.78, 5) is 25.1. The molecule has 1 aliphatic heterocycles. The third kappa shape index (κ3) is 4.01. The van der Waals surface area contributed by atoms with Crippen LogP contribution >= 0.6 is 0 Å². The van der Waals surface area contributed by atoms with E-state index in [1.54, 1.807) is 6.92 Å². The van der Waals surface area contributed by atoms with Crippen molar-refractivity contribution in [2.45, 2.75) is 25.9 Å². The van der Waals surface area contributed by atoms with Crippen molar-refractivity contribution in [1.82, 2.24) is 4.90 Å². The Balaban J connectivity index is 2.00. The number of carbonyl (C=O) groups is 2. The lowest BCUT2D eigenvalue weighted by Crippen LogP contribution is -2.45. The molecule has 0 aromatic heterocycles. The van der Waals surface area contributed by atoms with Crippen LogP contribution in [0.3, 0.4) is 0 Å². The minimum atomic E-state index is -1.29. The minimum absolute atomic E-state index is 0.0501. The standard InChI is InChI=1S/C15H17F3N2O3/c1-8(21)9-2-4-20(5-3-9)15(23)14(22)19-13-11(17)6-10(16)7-12(13)18/h6-9,21H,2-5H2,1H3,(H,19,22). The number of nitrogens with one attached hydrogen (secondary N) is 1. The van der Waals surface area contributed by atoms with E-state index in [4.69, 9.17) is 0 Å². The maximum absolute atomic E-state index is 13.5. The lowest BCUT2D eigenvalue weighted by Gasteiger charge is -2.32. The molecule has 5 nitrogen and oxygen atoms in total. The molecule has 0 aliphatic carbocycles. The average Bonchev–Trinajstić information content (AvgIpc) is 2.50. The van der Waals surface area contributed by atoms with Crippen LogP contribution in [0.5, 0.6) is 0 Å². The first-order valence-corrected chi connectivity index (χ1v) is 7.22. The largest absolute Gasteiger partial charge is 0.393 e. The molecule has 0 bridgehead atoms. The molecule has 1 aromatic carbocycles. The summed E-state index contributed by atoms with van der Waals surface area (Å²) in [5.74, 6) is -5.77. The van der Waals surface area contributed by atoms with Gasteiger partial charge in [0.05, 0.1) is 6.10 Å². The highest BCUT2D eigenvalue weighted by Gasteiger charge is 2.29. The van der Waals surface area contributed by atoms with Crippen molar-refractivity contribution in [1.29, 1.82) is 0 Å². The number of aliphatic hydroxyl groups is 1. The molecule has 1 saturated heterocycles. The van der Waals surface area contributed by atoms with Crippen molar-refractivity contribution >= 4 is 17.5 Å². The zero-order chi connectivity index (χ0) is 17.1. The molecule has 0 spiro atoms. The topological polar surface area (TPSA) is 69.6 Å². The van der Waals surface area contributed by atoms with E-state index in [0.29, 0.717) is 25.0 Å². The summed E-state index contributed by atoms with van der Waals surface area (Å²) in [7, 11) is 0. The van der Waals surface area contributed by atoms with Gasteiger partial charge in [0.2, 0.25) is 0 Å². The highest BCUT2D eigenvalue weighted by atomic mass is 19.1. The van der Waals surface area contributed by atoms with Crippen LogP contribution in [0.1, 0.15) is 19.8 Å². The van der Waals surface area contributed by atoms with Gasteiger partial charge in [-0.05, 0) is 25.7 Å². The molecule has 23 heavy (non-hydrogen) atoms. The minimum Gasteiger partial charge on any atom is -0.393 e. The van der Waals surface area contributed by atoms with Crippen LogP contribution < -0.4 is 5.32 Å². The van der Waals surface area contributed by atoms with Gasteiger partial charge in [0.15, 0.2) is 11.6 Å². The Morgan fingerprint density at radius 2 is 1.74 bits per heavy atom. The predicted octanol–water partition coefficient (Wildman–Crippen LogP) is 1.66. The number of nitrogens with zero attached hydrogens (tertiary/aromatic N) is 1. The van der Waals surface area contributed by atoms with Gasteiger partial charge in [0, 0.05) is 25.2 Å². The second-order valence-corrected chi connectivity index (χ2v) is 5.57. The van der Waals surface area contributed by atoms with Gasteiger partial charge < -0.3 is 15.3 Å². The lowest BCUT2D eigenvalue weighted by atomic mass is 9.92. The van der Waals surface area contributed by atoms with Crippen LogP contribution in [0.25, 0.3) is 0 Å². The summed E-state index contributed by atoms with van der Waals surface area (Å²) in [6, 6.07) is 0.828. The third-order valence-corrected chi connectivity index (χ3v) is 3.95. The van der Waals surface area contributed by atoms with E-state index in [0.717, 1.165) is 0 Å². The van der Waals surface area contributed by atoms with Gasteiger partial charge in [-0.25, -0.2) is 13.2 Å². The zero-order valence-electron chi connectivity index (χ0n) is 12.5. The van der Waals surface area contributed by atoms with Crippen molar-refractivity contribution in [3.05, 3.63) is 29.6 Å². The van der Waals surface area contributed by atoms with Gasteiger partial charge in [0.25, 0.3) is 0 Å². The average molecular weight is 330 g/mol. The number of piperidine rings is 1. The van der Waals surface area contributed by atoms with Gasteiger partial charge >= 0.3 is 11.8 Å². The van der Waals surface area contributed by atoms with Gasteiger partial charge in [0.1, 0.15) is 11.5 Å². The molecular formula is C15H17F3N2O3. The monoisotopic (exact) mass is 330 g/mol. The number of carbonyl (C=O) groups excluding carboxylic acids is 2. The van der Waals surface area contributed by atoms with Gasteiger partial charge in [-0.15, -0.1) is 0 Å². The highest BCUT2D eigenvalue weighted by molar-refractivity contribution is 6.39. The summed E-state index contributed by atoms with van der Waals surface area (Å²) in [5, 5.41) is 11.3. The fourth-order valence-corrected chi connectivity index (χ4v) is 2.56. The van der Waals surface area contributed by atoms with Gasteiger partial charge in [-0.2, -0.15) is 0 Å². The van der Waals surface area contributed by atoms with Gasteiger partial charge in [-0.1, -0.05) is 0 Å². The Kier molecular flexibility index (Phi) is 5.25. The number of anilines is 1. The molecular weight excluding hydrogens is 313 g/mol. The number of rotatable bonds is 2. The van der Waals surface area contributed by atoms with Crippen LogP contribution in [0.15, 0.2) is 12.1 Å². The van der Waals surface area contributed by atoms with Crippen LogP contribution in [0.4, 0.5) is 18.9 Å². The van der Waals surface area contributed by atoms with Crippen molar-refractivity contribution < 1.29 is 27.9 Å².